The number of rotatable bonds is 8. The van der Waals surface area contributed by atoms with E-state index in [9.17, 15) is 9.59 Å². The summed E-state index contributed by atoms with van der Waals surface area (Å²) in [5.74, 6) is 0.748. The van der Waals surface area contributed by atoms with Gasteiger partial charge in [-0.3, -0.25) is 14.5 Å². The van der Waals surface area contributed by atoms with Gasteiger partial charge < -0.3 is 15.2 Å². The van der Waals surface area contributed by atoms with Crippen molar-refractivity contribution in [1.29, 1.82) is 0 Å². The zero-order valence-corrected chi connectivity index (χ0v) is 21.4. The number of benzene rings is 3. The number of piperidine rings is 1. The highest BCUT2D eigenvalue weighted by atomic mass is 16.5. The lowest BCUT2D eigenvalue weighted by Gasteiger charge is -2.30. The second-order valence-corrected chi connectivity index (χ2v) is 9.63. The molecule has 0 bridgehead atoms. The van der Waals surface area contributed by atoms with Crippen LogP contribution >= 0.6 is 0 Å². The number of anilines is 1. The molecule has 2 heterocycles. The molecule has 8 nitrogen and oxygen atoms in total. The Hall–Kier alpha value is -4.30. The molecule has 4 aromatic rings. The fraction of sp³-hybridized carbons (Fsp3) is 0.267. The Labute approximate surface area is 222 Å². The van der Waals surface area contributed by atoms with Crippen molar-refractivity contribution in [3.05, 3.63) is 101 Å². The van der Waals surface area contributed by atoms with Gasteiger partial charge in [0, 0.05) is 18.0 Å². The van der Waals surface area contributed by atoms with Gasteiger partial charge in [0.15, 0.2) is 0 Å². The summed E-state index contributed by atoms with van der Waals surface area (Å²) >= 11 is 0. The number of amides is 2. The lowest BCUT2D eigenvalue weighted by molar-refractivity contribution is -0.121. The van der Waals surface area contributed by atoms with Crippen LogP contribution in [-0.2, 0) is 17.9 Å². The molecule has 0 saturated carbocycles. The average Bonchev–Trinajstić information content (AvgIpc) is 3.41. The smallest absolute Gasteiger partial charge is 0.253 e. The Morgan fingerprint density at radius 3 is 2.53 bits per heavy atom. The summed E-state index contributed by atoms with van der Waals surface area (Å²) in [5.41, 5.74) is 4.07. The molecule has 3 aromatic carbocycles. The number of carbonyl (C=O) groups excluding carboxylic acids is 2. The SMILES string of the molecule is Cc1cccc(-c2noc(CN3CCC(C(=O)Nc4ccccc4C(=O)NCc4ccccc4)CC3)n2)c1. The van der Waals surface area contributed by atoms with E-state index < -0.39 is 0 Å². The molecule has 1 aliphatic heterocycles. The van der Waals surface area contributed by atoms with E-state index in [0.29, 0.717) is 48.9 Å². The van der Waals surface area contributed by atoms with Gasteiger partial charge >= 0.3 is 0 Å². The lowest BCUT2D eigenvalue weighted by Crippen LogP contribution is -2.38. The van der Waals surface area contributed by atoms with Crippen LogP contribution in [0.2, 0.25) is 0 Å². The van der Waals surface area contributed by atoms with Gasteiger partial charge in [-0.05, 0) is 56.6 Å². The fourth-order valence-electron chi connectivity index (χ4n) is 4.66. The van der Waals surface area contributed by atoms with Crippen molar-refractivity contribution in [2.75, 3.05) is 18.4 Å². The Kier molecular flexibility index (Phi) is 7.89. The Morgan fingerprint density at radius 2 is 1.74 bits per heavy atom. The summed E-state index contributed by atoms with van der Waals surface area (Å²) in [6.45, 7) is 4.51. The van der Waals surface area contributed by atoms with Crippen LogP contribution in [0.5, 0.6) is 0 Å². The maximum atomic E-state index is 13.1. The van der Waals surface area contributed by atoms with E-state index in [1.165, 1.54) is 0 Å². The molecule has 0 radical (unpaired) electrons. The van der Waals surface area contributed by atoms with E-state index >= 15 is 0 Å². The third-order valence-electron chi connectivity index (χ3n) is 6.79. The number of nitrogens with zero attached hydrogens (tertiary/aromatic N) is 3. The molecule has 1 saturated heterocycles. The van der Waals surface area contributed by atoms with Crippen LogP contribution in [0.4, 0.5) is 5.69 Å². The first-order valence-electron chi connectivity index (χ1n) is 12.9. The van der Waals surface area contributed by atoms with Gasteiger partial charge in [0.2, 0.25) is 17.6 Å². The van der Waals surface area contributed by atoms with Crippen molar-refractivity contribution in [2.24, 2.45) is 5.92 Å². The number of likely N-dealkylation sites (tertiary alicyclic amines) is 1. The average molecular weight is 510 g/mol. The number of carbonyl (C=O) groups is 2. The summed E-state index contributed by atoms with van der Waals surface area (Å²) < 4.78 is 5.48. The third-order valence-corrected chi connectivity index (χ3v) is 6.79. The zero-order valence-electron chi connectivity index (χ0n) is 21.4. The van der Waals surface area contributed by atoms with Crippen molar-refractivity contribution < 1.29 is 14.1 Å². The van der Waals surface area contributed by atoms with E-state index in [1.54, 1.807) is 18.2 Å². The first-order valence-corrected chi connectivity index (χ1v) is 12.9. The molecule has 1 aromatic heterocycles. The van der Waals surface area contributed by atoms with Gasteiger partial charge in [-0.25, -0.2) is 0 Å². The number of aromatic nitrogens is 2. The molecule has 1 fully saturated rings. The van der Waals surface area contributed by atoms with Gasteiger partial charge in [0.25, 0.3) is 5.91 Å². The minimum absolute atomic E-state index is 0.0625. The Bertz CT molecular complexity index is 1390. The molecule has 0 atom stereocenters. The summed E-state index contributed by atoms with van der Waals surface area (Å²) in [6, 6.07) is 24.9. The summed E-state index contributed by atoms with van der Waals surface area (Å²) in [4.78, 5) is 32.7. The number of nitrogens with one attached hydrogen (secondary N) is 2. The monoisotopic (exact) mass is 509 g/mol. The van der Waals surface area contributed by atoms with E-state index in [2.05, 4.69) is 25.7 Å². The van der Waals surface area contributed by atoms with E-state index in [-0.39, 0.29) is 17.7 Å². The third kappa shape index (κ3) is 6.33. The molecule has 0 aliphatic carbocycles. The highest BCUT2D eigenvalue weighted by molar-refractivity contribution is 6.04. The standard InChI is InChI=1S/C30H31N5O3/c1-21-8-7-11-24(18-21)28-33-27(38-34-28)20-35-16-14-23(15-17-35)29(36)32-26-13-6-5-12-25(26)30(37)31-19-22-9-3-2-4-10-22/h2-13,18,23H,14-17,19-20H2,1H3,(H,31,37)(H,32,36). The predicted molar refractivity (Wildman–Crippen MR) is 145 cm³/mol. The first-order chi connectivity index (χ1) is 18.5. The van der Waals surface area contributed by atoms with Crippen LogP contribution < -0.4 is 10.6 Å². The van der Waals surface area contributed by atoms with Gasteiger partial charge in [0.05, 0.1) is 17.8 Å². The fourth-order valence-corrected chi connectivity index (χ4v) is 4.66. The minimum Gasteiger partial charge on any atom is -0.348 e. The molecule has 8 heteroatoms. The summed E-state index contributed by atoms with van der Waals surface area (Å²) in [6.07, 6.45) is 1.43. The van der Waals surface area contributed by atoms with Crippen LogP contribution in [0.15, 0.2) is 83.4 Å². The Balaban J connectivity index is 1.13. The van der Waals surface area contributed by atoms with Crippen molar-refractivity contribution >= 4 is 17.5 Å². The van der Waals surface area contributed by atoms with E-state index in [4.69, 9.17) is 4.52 Å². The highest BCUT2D eigenvalue weighted by Gasteiger charge is 2.27. The largest absolute Gasteiger partial charge is 0.348 e. The molecule has 38 heavy (non-hydrogen) atoms. The van der Waals surface area contributed by atoms with Gasteiger partial charge in [-0.2, -0.15) is 4.98 Å². The number of hydrogen-bond donors (Lipinski definition) is 2. The molecular formula is C30H31N5O3. The number of para-hydroxylation sites is 1. The molecule has 1 aliphatic rings. The number of hydrogen-bond acceptors (Lipinski definition) is 6. The van der Waals surface area contributed by atoms with Crippen LogP contribution in [-0.4, -0.2) is 39.9 Å². The van der Waals surface area contributed by atoms with Gasteiger partial charge in [-0.1, -0.05) is 71.4 Å². The van der Waals surface area contributed by atoms with Crippen molar-refractivity contribution in [1.82, 2.24) is 20.4 Å². The summed E-state index contributed by atoms with van der Waals surface area (Å²) in [7, 11) is 0. The van der Waals surface area contributed by atoms with Crippen LogP contribution in [0.3, 0.4) is 0 Å². The van der Waals surface area contributed by atoms with Crippen LogP contribution in [0.25, 0.3) is 11.4 Å². The van der Waals surface area contributed by atoms with Crippen LogP contribution in [0, 0.1) is 12.8 Å². The Morgan fingerprint density at radius 1 is 0.974 bits per heavy atom. The van der Waals surface area contributed by atoms with Gasteiger partial charge in [0.1, 0.15) is 0 Å². The second kappa shape index (κ2) is 11.8. The lowest BCUT2D eigenvalue weighted by atomic mass is 9.95. The normalized spacial score (nSPS) is 14.2. The highest BCUT2D eigenvalue weighted by Crippen LogP contribution is 2.23. The maximum absolute atomic E-state index is 13.1. The zero-order chi connectivity index (χ0) is 26.3. The quantitative estimate of drug-likeness (QED) is 0.353. The predicted octanol–water partition coefficient (Wildman–Crippen LogP) is 4.83. The molecule has 2 N–H and O–H groups in total. The van der Waals surface area contributed by atoms with Gasteiger partial charge in [-0.15, -0.1) is 0 Å². The van der Waals surface area contributed by atoms with E-state index in [1.807, 2.05) is 67.6 Å². The molecule has 0 unspecified atom stereocenters. The van der Waals surface area contributed by atoms with E-state index in [0.717, 1.165) is 29.8 Å². The molecule has 194 valence electrons. The second-order valence-electron chi connectivity index (χ2n) is 9.63. The molecule has 2 amide bonds. The van der Waals surface area contributed by atoms with Crippen molar-refractivity contribution in [3.8, 4) is 11.4 Å². The summed E-state index contributed by atoms with van der Waals surface area (Å²) in [5, 5.41) is 10.1. The minimum atomic E-state index is -0.218. The molecular weight excluding hydrogens is 478 g/mol. The maximum Gasteiger partial charge on any atom is 0.253 e. The molecule has 5 rings (SSSR count). The first kappa shape index (κ1) is 25.4. The van der Waals surface area contributed by atoms with Crippen LogP contribution in [0.1, 0.15) is 40.2 Å². The number of aryl methyl sites for hydroxylation is 1. The van der Waals surface area contributed by atoms with Crippen molar-refractivity contribution in [2.45, 2.75) is 32.9 Å². The molecule has 0 spiro atoms. The van der Waals surface area contributed by atoms with Crippen molar-refractivity contribution in [3.63, 3.8) is 0 Å². The topological polar surface area (TPSA) is 100 Å².